The van der Waals surface area contributed by atoms with Crippen molar-refractivity contribution >= 4 is 43.9 Å². The summed E-state index contributed by atoms with van der Waals surface area (Å²) in [5.41, 5.74) is 1.49. The van der Waals surface area contributed by atoms with Gasteiger partial charge in [0.05, 0.1) is 23.2 Å². The van der Waals surface area contributed by atoms with Crippen molar-refractivity contribution < 1.29 is 17.7 Å². The summed E-state index contributed by atoms with van der Waals surface area (Å²) in [5, 5.41) is 1.18. The standard InChI is InChI=1S/C26H27ClN2O4S2/c1-26(2,3)34(30)28-25(21-17-19(27)14-15-24(21)33-4)23-16-18-10-8-9-13-22(18)29(23)35(31,32)20-11-6-5-7-12-20/h5-17,25,28H,1-4H3/t25-,34?/m1/s1. The van der Waals surface area contributed by atoms with Gasteiger partial charge in [0.25, 0.3) is 10.0 Å². The first-order valence-electron chi connectivity index (χ1n) is 11.0. The predicted molar refractivity (Wildman–Crippen MR) is 142 cm³/mol. The van der Waals surface area contributed by atoms with E-state index >= 15 is 0 Å². The maximum absolute atomic E-state index is 14.0. The Balaban J connectivity index is 2.04. The molecule has 1 unspecified atom stereocenters. The van der Waals surface area contributed by atoms with Crippen molar-refractivity contribution in [1.29, 1.82) is 0 Å². The van der Waals surface area contributed by atoms with E-state index in [2.05, 4.69) is 4.72 Å². The molecule has 1 N–H and O–H groups in total. The summed E-state index contributed by atoms with van der Waals surface area (Å²) in [4.78, 5) is 0.149. The van der Waals surface area contributed by atoms with Crippen LogP contribution in [0.5, 0.6) is 5.75 Å². The molecule has 4 rings (SSSR count). The number of nitrogens with one attached hydrogen (secondary N) is 1. The number of benzene rings is 3. The topological polar surface area (TPSA) is 83.4 Å². The molecule has 1 aromatic heterocycles. The zero-order valence-electron chi connectivity index (χ0n) is 19.9. The van der Waals surface area contributed by atoms with Crippen molar-refractivity contribution in [3.8, 4) is 5.75 Å². The maximum Gasteiger partial charge on any atom is 0.268 e. The van der Waals surface area contributed by atoms with Gasteiger partial charge in [0.2, 0.25) is 0 Å². The molecule has 0 saturated heterocycles. The molecule has 4 aromatic rings. The minimum Gasteiger partial charge on any atom is -0.598 e. The Morgan fingerprint density at radius 1 is 1.00 bits per heavy atom. The number of hydrogen-bond acceptors (Lipinski definition) is 5. The van der Waals surface area contributed by atoms with Gasteiger partial charge in [-0.25, -0.2) is 12.4 Å². The quantitative estimate of drug-likeness (QED) is 0.311. The second-order valence-electron chi connectivity index (χ2n) is 9.03. The van der Waals surface area contributed by atoms with Crippen molar-refractivity contribution in [2.75, 3.05) is 7.11 Å². The van der Waals surface area contributed by atoms with Crippen LogP contribution in [0.4, 0.5) is 0 Å². The maximum atomic E-state index is 14.0. The van der Waals surface area contributed by atoms with E-state index in [9.17, 15) is 13.0 Å². The van der Waals surface area contributed by atoms with Crippen LogP contribution >= 0.6 is 11.6 Å². The molecule has 0 amide bonds. The second kappa shape index (κ2) is 9.87. The molecule has 0 aliphatic rings. The van der Waals surface area contributed by atoms with Crippen LogP contribution in [-0.2, 0) is 21.4 Å². The molecule has 184 valence electrons. The zero-order chi connectivity index (χ0) is 25.4. The number of rotatable bonds is 7. The minimum absolute atomic E-state index is 0.149. The van der Waals surface area contributed by atoms with Gasteiger partial charge >= 0.3 is 0 Å². The Kier molecular flexibility index (Phi) is 7.22. The van der Waals surface area contributed by atoms with E-state index in [1.165, 1.54) is 11.1 Å². The lowest BCUT2D eigenvalue weighted by atomic mass is 10.0. The molecule has 9 heteroatoms. The molecule has 6 nitrogen and oxygen atoms in total. The van der Waals surface area contributed by atoms with Crippen LogP contribution in [0.1, 0.15) is 38.1 Å². The van der Waals surface area contributed by atoms with Crippen LogP contribution < -0.4 is 9.46 Å². The Bertz CT molecular complexity index is 1450. The summed E-state index contributed by atoms with van der Waals surface area (Å²) in [6.45, 7) is 5.54. The van der Waals surface area contributed by atoms with Gasteiger partial charge < -0.3 is 9.29 Å². The van der Waals surface area contributed by atoms with E-state index < -0.39 is 32.2 Å². The molecule has 0 spiro atoms. The first-order chi connectivity index (χ1) is 16.5. The number of ether oxygens (including phenoxy) is 1. The van der Waals surface area contributed by atoms with Gasteiger partial charge in [-0.1, -0.05) is 48.0 Å². The normalized spacial score (nSPS) is 14.1. The highest BCUT2D eigenvalue weighted by molar-refractivity contribution is 7.91. The fraction of sp³-hybridized carbons (Fsp3) is 0.231. The van der Waals surface area contributed by atoms with E-state index in [1.54, 1.807) is 66.7 Å². The molecule has 1 heterocycles. The Morgan fingerprint density at radius 3 is 2.31 bits per heavy atom. The molecule has 0 bridgehead atoms. The molecule has 0 radical (unpaired) electrons. The fourth-order valence-corrected chi connectivity index (χ4v) is 6.38. The summed E-state index contributed by atoms with van der Waals surface area (Å²) in [6, 6.07) is 21.6. The van der Waals surface area contributed by atoms with Gasteiger partial charge in [0.15, 0.2) is 0 Å². The van der Waals surface area contributed by atoms with E-state index in [-0.39, 0.29) is 4.90 Å². The molecule has 3 aromatic carbocycles. The lowest BCUT2D eigenvalue weighted by molar-refractivity contribution is 0.405. The monoisotopic (exact) mass is 530 g/mol. The molecular weight excluding hydrogens is 504 g/mol. The lowest BCUT2D eigenvalue weighted by Gasteiger charge is -2.29. The second-order valence-corrected chi connectivity index (χ2v) is 13.2. The number of para-hydroxylation sites is 1. The van der Waals surface area contributed by atoms with Crippen molar-refractivity contribution in [3.05, 3.63) is 95.1 Å². The minimum atomic E-state index is -4.00. The van der Waals surface area contributed by atoms with Crippen LogP contribution in [0, 0.1) is 0 Å². The van der Waals surface area contributed by atoms with Crippen LogP contribution in [0.3, 0.4) is 0 Å². The van der Waals surface area contributed by atoms with Crippen molar-refractivity contribution in [2.45, 2.75) is 36.5 Å². The van der Waals surface area contributed by atoms with Gasteiger partial charge in [0, 0.05) is 27.3 Å². The summed E-state index contributed by atoms with van der Waals surface area (Å²) in [6.07, 6.45) is 0. The van der Waals surface area contributed by atoms with Gasteiger partial charge in [0.1, 0.15) is 16.5 Å². The van der Waals surface area contributed by atoms with E-state index in [1.807, 2.05) is 32.9 Å². The van der Waals surface area contributed by atoms with Crippen LogP contribution in [0.2, 0.25) is 5.02 Å². The fourth-order valence-electron chi connectivity index (χ4n) is 3.82. The third-order valence-corrected chi connectivity index (χ3v) is 9.11. The lowest BCUT2D eigenvalue weighted by Crippen LogP contribution is -2.42. The number of fused-ring (bicyclic) bond motifs is 1. The highest BCUT2D eigenvalue weighted by Gasteiger charge is 2.36. The molecule has 35 heavy (non-hydrogen) atoms. The van der Waals surface area contributed by atoms with Gasteiger partial charge in [-0.15, -0.1) is 4.72 Å². The van der Waals surface area contributed by atoms with Gasteiger partial charge in [-0.3, -0.25) is 0 Å². The molecule has 0 aliphatic carbocycles. The van der Waals surface area contributed by atoms with Gasteiger partial charge in [-0.2, -0.15) is 0 Å². The third-order valence-electron chi connectivity index (χ3n) is 5.55. The summed E-state index contributed by atoms with van der Waals surface area (Å²) in [7, 11) is -2.47. The average Bonchev–Trinajstić information content (AvgIpc) is 3.22. The number of nitrogens with zero attached hydrogens (tertiary/aromatic N) is 1. The predicted octanol–water partition coefficient (Wildman–Crippen LogP) is 5.68. The van der Waals surface area contributed by atoms with Gasteiger partial charge in [-0.05, 0) is 63.2 Å². The molecule has 0 fully saturated rings. The number of halogens is 1. The average molecular weight is 531 g/mol. The van der Waals surface area contributed by atoms with Crippen molar-refractivity contribution in [3.63, 3.8) is 0 Å². The Hall–Kier alpha value is -2.49. The van der Waals surface area contributed by atoms with E-state index in [0.717, 1.165) is 5.39 Å². The van der Waals surface area contributed by atoms with E-state index in [4.69, 9.17) is 16.3 Å². The molecule has 2 atom stereocenters. The van der Waals surface area contributed by atoms with Crippen molar-refractivity contribution in [1.82, 2.24) is 8.69 Å². The largest absolute Gasteiger partial charge is 0.598 e. The smallest absolute Gasteiger partial charge is 0.268 e. The first-order valence-corrected chi connectivity index (χ1v) is 13.9. The van der Waals surface area contributed by atoms with E-state index in [0.29, 0.717) is 27.5 Å². The summed E-state index contributed by atoms with van der Waals surface area (Å²) < 4.78 is 50.7. The highest BCUT2D eigenvalue weighted by atomic mass is 35.5. The third kappa shape index (κ3) is 5.08. The number of aromatic nitrogens is 1. The summed E-state index contributed by atoms with van der Waals surface area (Å²) in [5.74, 6) is 0.492. The SMILES string of the molecule is COc1ccc(Cl)cc1[C@@H](N[S+]([O-])C(C)(C)C)c1cc2ccccc2n1S(=O)(=O)c1ccccc1. The molecular formula is C26H27ClN2O4S2. The Labute approximate surface area is 214 Å². The zero-order valence-corrected chi connectivity index (χ0v) is 22.2. The first kappa shape index (κ1) is 25.6. The molecule has 0 aliphatic heterocycles. The number of hydrogen-bond donors (Lipinski definition) is 1. The van der Waals surface area contributed by atoms with Crippen LogP contribution in [-0.4, -0.2) is 28.8 Å². The van der Waals surface area contributed by atoms with Crippen molar-refractivity contribution in [2.24, 2.45) is 0 Å². The molecule has 0 saturated carbocycles. The highest BCUT2D eigenvalue weighted by Crippen LogP contribution is 2.38. The van der Waals surface area contributed by atoms with Crippen LogP contribution in [0.15, 0.2) is 83.8 Å². The Morgan fingerprint density at radius 2 is 1.66 bits per heavy atom. The number of methoxy groups -OCH3 is 1. The van der Waals surface area contributed by atoms with Crippen LogP contribution in [0.25, 0.3) is 10.9 Å². The summed E-state index contributed by atoms with van der Waals surface area (Å²) >= 11 is 4.81.